The highest BCUT2D eigenvalue weighted by Crippen LogP contribution is 2.26. The second kappa shape index (κ2) is 6.34. The van der Waals surface area contributed by atoms with Crippen LogP contribution < -0.4 is 4.74 Å². The van der Waals surface area contributed by atoms with E-state index in [4.69, 9.17) is 21.4 Å². The lowest BCUT2D eigenvalue weighted by Crippen LogP contribution is -1.99. The Bertz CT molecular complexity index is 377. The molecule has 0 aliphatic heterocycles. The molecule has 0 aliphatic carbocycles. The van der Waals surface area contributed by atoms with Crippen molar-refractivity contribution < 1.29 is 9.84 Å². The van der Waals surface area contributed by atoms with Crippen LogP contribution in [0.25, 0.3) is 0 Å². The van der Waals surface area contributed by atoms with Crippen LogP contribution in [0.2, 0.25) is 5.02 Å². The summed E-state index contributed by atoms with van der Waals surface area (Å²) in [6, 6.07) is 5.31. The van der Waals surface area contributed by atoms with Crippen LogP contribution in [-0.4, -0.2) is 11.7 Å². The van der Waals surface area contributed by atoms with Crippen LogP contribution in [0.3, 0.4) is 0 Å². The van der Waals surface area contributed by atoms with Gasteiger partial charge < -0.3 is 9.84 Å². The summed E-state index contributed by atoms with van der Waals surface area (Å²) in [5.41, 5.74) is 0.628. The summed E-state index contributed by atoms with van der Waals surface area (Å²) < 4.78 is 5.46. The standard InChI is InChI=1S/C12H13ClO2/c1-2-3-4-8-15-12-7-5-6-11(13)10(12)9-14/h5-7,14H,4,8-9H2,1H3. The van der Waals surface area contributed by atoms with Crippen molar-refractivity contribution in [2.24, 2.45) is 0 Å². The molecule has 0 amide bonds. The Morgan fingerprint density at radius 1 is 1.47 bits per heavy atom. The minimum Gasteiger partial charge on any atom is -0.492 e. The van der Waals surface area contributed by atoms with Gasteiger partial charge in [0.15, 0.2) is 0 Å². The third kappa shape index (κ3) is 3.47. The molecule has 0 aliphatic rings. The first-order valence-corrected chi connectivity index (χ1v) is 5.08. The summed E-state index contributed by atoms with van der Waals surface area (Å²) in [6.07, 6.45) is 0.674. The van der Waals surface area contributed by atoms with Crippen molar-refractivity contribution in [3.8, 4) is 17.6 Å². The van der Waals surface area contributed by atoms with Crippen LogP contribution in [0, 0.1) is 11.8 Å². The van der Waals surface area contributed by atoms with Crippen molar-refractivity contribution in [1.82, 2.24) is 0 Å². The van der Waals surface area contributed by atoms with Crippen molar-refractivity contribution in [3.05, 3.63) is 28.8 Å². The smallest absolute Gasteiger partial charge is 0.126 e. The van der Waals surface area contributed by atoms with Crippen molar-refractivity contribution >= 4 is 11.6 Å². The molecule has 3 heteroatoms. The lowest BCUT2D eigenvalue weighted by Gasteiger charge is -2.09. The van der Waals surface area contributed by atoms with E-state index in [0.717, 1.165) is 0 Å². The van der Waals surface area contributed by atoms with Crippen LogP contribution in [0.15, 0.2) is 18.2 Å². The summed E-state index contributed by atoms with van der Waals surface area (Å²) in [7, 11) is 0. The largest absolute Gasteiger partial charge is 0.492 e. The molecule has 0 fully saturated rings. The van der Waals surface area contributed by atoms with Crippen molar-refractivity contribution in [3.63, 3.8) is 0 Å². The average molecular weight is 225 g/mol. The van der Waals surface area contributed by atoms with E-state index in [9.17, 15) is 0 Å². The van der Waals surface area contributed by atoms with Gasteiger partial charge in [-0.15, -0.1) is 11.8 Å². The van der Waals surface area contributed by atoms with Gasteiger partial charge in [-0.2, -0.15) is 0 Å². The predicted molar refractivity (Wildman–Crippen MR) is 60.9 cm³/mol. The minimum atomic E-state index is -0.117. The zero-order valence-electron chi connectivity index (χ0n) is 8.59. The topological polar surface area (TPSA) is 29.5 Å². The Hall–Kier alpha value is -1.17. The summed E-state index contributed by atoms with van der Waals surface area (Å²) in [5.74, 6) is 6.32. The maximum absolute atomic E-state index is 9.11. The van der Waals surface area contributed by atoms with E-state index in [1.54, 1.807) is 25.1 Å². The maximum atomic E-state index is 9.11. The summed E-state index contributed by atoms with van der Waals surface area (Å²) in [6.45, 7) is 2.18. The Balaban J connectivity index is 2.66. The van der Waals surface area contributed by atoms with Gasteiger partial charge in [0.2, 0.25) is 0 Å². The van der Waals surface area contributed by atoms with E-state index in [1.807, 2.05) is 0 Å². The number of hydrogen-bond donors (Lipinski definition) is 1. The van der Waals surface area contributed by atoms with Gasteiger partial charge in [-0.3, -0.25) is 0 Å². The highest BCUT2D eigenvalue weighted by molar-refractivity contribution is 6.31. The number of benzene rings is 1. The molecule has 1 aromatic carbocycles. The number of hydrogen-bond acceptors (Lipinski definition) is 2. The first-order valence-electron chi connectivity index (χ1n) is 4.70. The van der Waals surface area contributed by atoms with Gasteiger partial charge in [-0.05, 0) is 19.1 Å². The van der Waals surface area contributed by atoms with Gasteiger partial charge in [0.25, 0.3) is 0 Å². The van der Waals surface area contributed by atoms with Crippen LogP contribution in [0.1, 0.15) is 18.9 Å². The predicted octanol–water partition coefficient (Wildman–Crippen LogP) is 2.62. The second-order valence-electron chi connectivity index (χ2n) is 2.90. The van der Waals surface area contributed by atoms with Gasteiger partial charge in [0, 0.05) is 17.0 Å². The summed E-state index contributed by atoms with van der Waals surface area (Å²) in [5, 5.41) is 9.63. The molecule has 1 N–H and O–H groups in total. The molecule has 0 spiro atoms. The molecule has 2 nitrogen and oxygen atoms in total. The molecule has 80 valence electrons. The van der Waals surface area contributed by atoms with Crippen molar-refractivity contribution in [1.29, 1.82) is 0 Å². The third-order valence-corrected chi connectivity index (χ3v) is 2.25. The number of rotatable bonds is 4. The third-order valence-electron chi connectivity index (χ3n) is 1.90. The molecule has 0 bridgehead atoms. The summed E-state index contributed by atoms with van der Waals surface area (Å²) in [4.78, 5) is 0. The van der Waals surface area contributed by atoms with Crippen molar-refractivity contribution in [2.75, 3.05) is 6.61 Å². The van der Waals surface area contributed by atoms with Crippen LogP contribution in [-0.2, 0) is 6.61 Å². The summed E-state index contributed by atoms with van der Waals surface area (Å²) >= 11 is 5.90. The maximum Gasteiger partial charge on any atom is 0.126 e. The average Bonchev–Trinajstić information content (AvgIpc) is 2.24. The molecule has 0 unspecified atom stereocenters. The first kappa shape index (κ1) is 11.9. The van der Waals surface area contributed by atoms with E-state index >= 15 is 0 Å². The van der Waals surface area contributed by atoms with E-state index in [-0.39, 0.29) is 6.61 Å². The van der Waals surface area contributed by atoms with E-state index < -0.39 is 0 Å². The first-order chi connectivity index (χ1) is 7.29. The SMILES string of the molecule is CC#CCCOc1cccc(Cl)c1CO. The van der Waals surface area contributed by atoms with Crippen LogP contribution in [0.5, 0.6) is 5.75 Å². The Morgan fingerprint density at radius 2 is 2.27 bits per heavy atom. The Morgan fingerprint density at radius 3 is 2.93 bits per heavy atom. The molecule has 0 atom stereocenters. The molecule has 0 saturated carbocycles. The fourth-order valence-corrected chi connectivity index (χ4v) is 1.39. The van der Waals surface area contributed by atoms with Gasteiger partial charge in [0.1, 0.15) is 5.75 Å². The van der Waals surface area contributed by atoms with Gasteiger partial charge in [-0.25, -0.2) is 0 Å². The van der Waals surface area contributed by atoms with Gasteiger partial charge >= 0.3 is 0 Å². The van der Waals surface area contributed by atoms with Gasteiger partial charge in [0.05, 0.1) is 13.2 Å². The highest BCUT2D eigenvalue weighted by atomic mass is 35.5. The fourth-order valence-electron chi connectivity index (χ4n) is 1.16. The molecule has 0 radical (unpaired) electrons. The number of aliphatic hydroxyl groups is 1. The molecule has 0 saturated heterocycles. The number of halogens is 1. The highest BCUT2D eigenvalue weighted by Gasteiger charge is 2.06. The molecule has 1 aromatic rings. The van der Waals surface area contributed by atoms with E-state index in [0.29, 0.717) is 29.4 Å². The molecule has 1 rings (SSSR count). The molecule has 15 heavy (non-hydrogen) atoms. The normalized spacial score (nSPS) is 9.27. The Kier molecular flexibility index (Phi) is 5.03. The lowest BCUT2D eigenvalue weighted by atomic mass is 10.2. The zero-order valence-corrected chi connectivity index (χ0v) is 9.34. The molecule has 0 aromatic heterocycles. The zero-order chi connectivity index (χ0) is 11.1. The lowest BCUT2D eigenvalue weighted by molar-refractivity contribution is 0.265. The molecular weight excluding hydrogens is 212 g/mol. The van der Waals surface area contributed by atoms with Crippen LogP contribution in [0.4, 0.5) is 0 Å². The monoisotopic (exact) mass is 224 g/mol. The van der Waals surface area contributed by atoms with Gasteiger partial charge in [-0.1, -0.05) is 17.7 Å². The Labute approximate surface area is 94.8 Å². The van der Waals surface area contributed by atoms with E-state index in [2.05, 4.69) is 11.8 Å². The quantitative estimate of drug-likeness (QED) is 0.629. The second-order valence-corrected chi connectivity index (χ2v) is 3.31. The fraction of sp³-hybridized carbons (Fsp3) is 0.333. The molecular formula is C12H13ClO2. The minimum absolute atomic E-state index is 0.117. The molecule has 0 heterocycles. The van der Waals surface area contributed by atoms with Crippen LogP contribution >= 0.6 is 11.6 Å². The van der Waals surface area contributed by atoms with Crippen molar-refractivity contribution in [2.45, 2.75) is 20.0 Å². The van der Waals surface area contributed by atoms with E-state index in [1.165, 1.54) is 0 Å². The number of ether oxygens (including phenoxy) is 1. The number of aliphatic hydroxyl groups excluding tert-OH is 1.